The molecule has 1 heterocycles. The summed E-state index contributed by atoms with van der Waals surface area (Å²) in [5.74, 6) is 1.50. The number of ether oxygens (including phenoxy) is 1. The molecular formula is C29H46F3NO3. The number of nitrogens with one attached hydrogen (secondary N) is 1. The Kier molecular flexibility index (Phi) is 5.49. The van der Waals surface area contributed by atoms with Crippen LogP contribution in [0.25, 0.3) is 0 Å². The highest BCUT2D eigenvalue weighted by Gasteiger charge is 2.84. The first-order valence-electron chi connectivity index (χ1n) is 14.4. The van der Waals surface area contributed by atoms with Crippen molar-refractivity contribution in [2.75, 3.05) is 13.1 Å². The Morgan fingerprint density at radius 2 is 1.61 bits per heavy atom. The van der Waals surface area contributed by atoms with E-state index in [-0.39, 0.29) is 52.4 Å². The van der Waals surface area contributed by atoms with Crippen molar-refractivity contribution < 1.29 is 28.1 Å². The van der Waals surface area contributed by atoms with Crippen LogP contribution in [0.5, 0.6) is 0 Å². The smallest absolute Gasteiger partial charge is 0.393 e. The third-order valence-corrected chi connectivity index (χ3v) is 13.6. The van der Waals surface area contributed by atoms with Gasteiger partial charge in [-0.2, -0.15) is 13.2 Å². The lowest BCUT2D eigenvalue weighted by atomic mass is 9.41. The molecule has 1 aliphatic heterocycles. The lowest BCUT2D eigenvalue weighted by Gasteiger charge is -2.63. The summed E-state index contributed by atoms with van der Waals surface area (Å²) >= 11 is 0. The van der Waals surface area contributed by atoms with Crippen LogP contribution in [0.1, 0.15) is 86.0 Å². The van der Waals surface area contributed by atoms with Crippen LogP contribution in [0.2, 0.25) is 0 Å². The maximum atomic E-state index is 12.7. The molecule has 0 amide bonds. The maximum Gasteiger partial charge on any atom is 0.401 e. The normalized spacial score (nSPS) is 57.2. The zero-order valence-electron chi connectivity index (χ0n) is 22.6. The average Bonchev–Trinajstić information content (AvgIpc) is 3.41. The SMILES string of the molecule is C[C@@H]1CC(CNCC(F)(F)F)OC2[C@H]1C1(C)CCC34CC35CCC(O)C(C)(C)[C@@H]5CCC4[C@]1(C)[C@H]2O. The second-order valence-electron chi connectivity index (χ2n) is 14.9. The molecule has 7 heteroatoms. The van der Waals surface area contributed by atoms with Crippen LogP contribution in [0, 0.1) is 50.7 Å². The van der Waals surface area contributed by atoms with E-state index >= 15 is 0 Å². The third kappa shape index (κ3) is 3.03. The van der Waals surface area contributed by atoms with Gasteiger partial charge in [-0.15, -0.1) is 0 Å². The maximum absolute atomic E-state index is 12.7. The van der Waals surface area contributed by atoms with Crippen LogP contribution >= 0.6 is 0 Å². The molecule has 206 valence electrons. The summed E-state index contributed by atoms with van der Waals surface area (Å²) in [4.78, 5) is 0. The number of hydrogen-bond donors (Lipinski definition) is 3. The number of alkyl halides is 3. The zero-order valence-corrected chi connectivity index (χ0v) is 22.6. The van der Waals surface area contributed by atoms with E-state index in [9.17, 15) is 23.4 Å². The van der Waals surface area contributed by atoms with Crippen molar-refractivity contribution in [1.29, 1.82) is 0 Å². The fourth-order valence-corrected chi connectivity index (χ4v) is 11.9. The molecule has 5 saturated carbocycles. The Balaban J connectivity index is 1.28. The summed E-state index contributed by atoms with van der Waals surface area (Å²) in [7, 11) is 0. The van der Waals surface area contributed by atoms with E-state index < -0.39 is 18.8 Å². The van der Waals surface area contributed by atoms with Crippen LogP contribution in [0.15, 0.2) is 0 Å². The molecule has 3 N–H and O–H groups in total. The molecule has 6 rings (SSSR count). The predicted octanol–water partition coefficient (Wildman–Crippen LogP) is 5.31. The fourth-order valence-electron chi connectivity index (χ4n) is 11.9. The quantitative estimate of drug-likeness (QED) is 0.479. The lowest BCUT2D eigenvalue weighted by molar-refractivity contribution is -0.182. The molecule has 12 atom stereocenters. The van der Waals surface area contributed by atoms with Crippen LogP contribution in [0.3, 0.4) is 0 Å². The molecular weight excluding hydrogens is 467 g/mol. The monoisotopic (exact) mass is 513 g/mol. The minimum absolute atomic E-state index is 0.0445. The van der Waals surface area contributed by atoms with Gasteiger partial charge in [-0.3, -0.25) is 0 Å². The van der Waals surface area contributed by atoms with Crippen molar-refractivity contribution >= 4 is 0 Å². The molecule has 0 radical (unpaired) electrons. The van der Waals surface area contributed by atoms with Gasteiger partial charge in [0.25, 0.3) is 0 Å². The molecule has 4 nitrogen and oxygen atoms in total. The molecule has 5 aliphatic carbocycles. The highest BCUT2D eigenvalue weighted by Crippen LogP contribution is 2.89. The fraction of sp³-hybridized carbons (Fsp3) is 1.00. The Labute approximate surface area is 214 Å². The van der Waals surface area contributed by atoms with Gasteiger partial charge >= 0.3 is 6.18 Å². The van der Waals surface area contributed by atoms with E-state index in [1.165, 1.54) is 12.8 Å². The Morgan fingerprint density at radius 1 is 0.944 bits per heavy atom. The average molecular weight is 514 g/mol. The zero-order chi connectivity index (χ0) is 26.1. The first-order chi connectivity index (χ1) is 16.6. The van der Waals surface area contributed by atoms with Gasteiger partial charge < -0.3 is 20.3 Å². The van der Waals surface area contributed by atoms with Crippen molar-refractivity contribution in [3.05, 3.63) is 0 Å². The first kappa shape index (κ1) is 25.9. The molecule has 6 fully saturated rings. The number of aliphatic hydroxyl groups is 2. The number of rotatable bonds is 3. The van der Waals surface area contributed by atoms with Gasteiger partial charge in [0.1, 0.15) is 0 Å². The predicted molar refractivity (Wildman–Crippen MR) is 131 cm³/mol. The molecule has 0 aromatic heterocycles. The van der Waals surface area contributed by atoms with E-state index in [0.29, 0.717) is 23.2 Å². The number of halogens is 3. The van der Waals surface area contributed by atoms with Crippen LogP contribution in [-0.4, -0.2) is 53.9 Å². The van der Waals surface area contributed by atoms with Crippen molar-refractivity contribution in [3.8, 4) is 0 Å². The van der Waals surface area contributed by atoms with Gasteiger partial charge in [0, 0.05) is 12.0 Å². The Morgan fingerprint density at radius 3 is 2.31 bits per heavy atom. The molecule has 0 bridgehead atoms. The number of fused-ring (bicyclic) bond motifs is 4. The van der Waals surface area contributed by atoms with E-state index in [1.807, 2.05) is 0 Å². The summed E-state index contributed by atoms with van der Waals surface area (Å²) in [6.45, 7) is 10.7. The second-order valence-corrected chi connectivity index (χ2v) is 14.9. The largest absolute Gasteiger partial charge is 0.401 e. The minimum Gasteiger partial charge on any atom is -0.393 e. The van der Waals surface area contributed by atoms with Crippen molar-refractivity contribution in [2.45, 2.75) is 117 Å². The highest BCUT2D eigenvalue weighted by molar-refractivity contribution is 5.32. The molecule has 0 aromatic carbocycles. The summed E-state index contributed by atoms with van der Waals surface area (Å²) in [5, 5.41) is 25.5. The van der Waals surface area contributed by atoms with Gasteiger partial charge in [-0.1, -0.05) is 34.6 Å². The van der Waals surface area contributed by atoms with Crippen LogP contribution in [-0.2, 0) is 4.74 Å². The number of hydrogen-bond acceptors (Lipinski definition) is 4. The Bertz CT molecular complexity index is 911. The summed E-state index contributed by atoms with van der Waals surface area (Å²) in [6.07, 6.45) is 2.77. The summed E-state index contributed by atoms with van der Waals surface area (Å²) in [6, 6.07) is 0. The van der Waals surface area contributed by atoms with E-state index in [4.69, 9.17) is 4.74 Å². The second kappa shape index (κ2) is 7.63. The standard InChI is InChI=1S/C29H46F3NO3/c1-16-12-17(13-33-15-29(30,31)32)36-22-21(16)25(4)10-11-28-14-27(28)9-8-20(34)24(2,3)18(27)6-7-19(28)26(25,5)23(22)35/h16-23,33-35H,6-15H2,1-5H3/t16-,17?,18+,19?,20?,21+,22?,23+,25?,26-,27?,28?/m1/s1. The van der Waals surface area contributed by atoms with E-state index in [2.05, 4.69) is 39.9 Å². The molecule has 36 heavy (non-hydrogen) atoms. The van der Waals surface area contributed by atoms with Crippen molar-refractivity contribution in [1.82, 2.24) is 5.32 Å². The van der Waals surface area contributed by atoms with Gasteiger partial charge in [0.2, 0.25) is 0 Å². The molecule has 6 aliphatic rings. The van der Waals surface area contributed by atoms with Crippen LogP contribution in [0.4, 0.5) is 13.2 Å². The van der Waals surface area contributed by atoms with Gasteiger partial charge in [0.05, 0.1) is 31.0 Å². The highest BCUT2D eigenvalue weighted by atomic mass is 19.4. The molecule has 0 aromatic rings. The van der Waals surface area contributed by atoms with E-state index in [1.54, 1.807) is 0 Å². The third-order valence-electron chi connectivity index (χ3n) is 13.6. The number of aliphatic hydroxyl groups excluding tert-OH is 2. The minimum atomic E-state index is -4.23. The van der Waals surface area contributed by atoms with E-state index in [0.717, 1.165) is 38.5 Å². The Hall–Kier alpha value is -0.370. The summed E-state index contributed by atoms with van der Waals surface area (Å²) in [5.41, 5.74) is 0.180. The van der Waals surface area contributed by atoms with Gasteiger partial charge in [-0.05, 0) is 96.7 Å². The summed E-state index contributed by atoms with van der Waals surface area (Å²) < 4.78 is 44.6. The van der Waals surface area contributed by atoms with Gasteiger partial charge in [0.15, 0.2) is 0 Å². The van der Waals surface area contributed by atoms with Crippen molar-refractivity contribution in [2.24, 2.45) is 50.7 Å². The molecule has 7 unspecified atom stereocenters. The lowest BCUT2D eigenvalue weighted by Crippen LogP contribution is -2.59. The van der Waals surface area contributed by atoms with Crippen LogP contribution < -0.4 is 5.32 Å². The van der Waals surface area contributed by atoms with Crippen molar-refractivity contribution in [3.63, 3.8) is 0 Å². The first-order valence-corrected chi connectivity index (χ1v) is 14.4. The molecule has 1 saturated heterocycles. The molecule has 2 spiro atoms. The van der Waals surface area contributed by atoms with Gasteiger partial charge in [-0.25, -0.2) is 0 Å². The topological polar surface area (TPSA) is 61.7 Å².